The standard InChI is InChI=1S/C8H14N2/c1-5(2)8-6(3)9-10-7(8)4/h5-6H,1-4H3. The highest BCUT2D eigenvalue weighted by Crippen LogP contribution is 2.27. The fourth-order valence-corrected chi connectivity index (χ4v) is 1.50. The van der Waals surface area contributed by atoms with E-state index in [1.165, 1.54) is 5.57 Å². The molecule has 0 aromatic carbocycles. The number of rotatable bonds is 1. The highest BCUT2D eigenvalue weighted by atomic mass is 15.2. The molecule has 1 aliphatic heterocycles. The Kier molecular flexibility index (Phi) is 1.88. The summed E-state index contributed by atoms with van der Waals surface area (Å²) in [6.45, 7) is 8.50. The van der Waals surface area contributed by atoms with Crippen molar-refractivity contribution in [1.82, 2.24) is 0 Å². The zero-order valence-corrected chi connectivity index (χ0v) is 7.05. The number of hydrogen-bond acceptors (Lipinski definition) is 2. The van der Waals surface area contributed by atoms with Crippen LogP contribution in [0.5, 0.6) is 0 Å². The quantitative estimate of drug-likeness (QED) is 0.532. The first-order valence-electron chi connectivity index (χ1n) is 3.74. The summed E-state index contributed by atoms with van der Waals surface area (Å²) in [5.41, 5.74) is 2.50. The van der Waals surface area contributed by atoms with Crippen LogP contribution in [0.2, 0.25) is 0 Å². The molecule has 0 saturated carbocycles. The van der Waals surface area contributed by atoms with Gasteiger partial charge in [0.05, 0.1) is 11.7 Å². The van der Waals surface area contributed by atoms with E-state index in [0.29, 0.717) is 12.0 Å². The molecule has 1 aliphatic rings. The summed E-state index contributed by atoms with van der Waals surface area (Å²) in [5.74, 6) is 0.588. The Labute approximate surface area is 62.0 Å². The van der Waals surface area contributed by atoms with Gasteiger partial charge in [-0.3, -0.25) is 0 Å². The van der Waals surface area contributed by atoms with Crippen LogP contribution in [0.1, 0.15) is 27.7 Å². The lowest BCUT2D eigenvalue weighted by Gasteiger charge is -2.09. The molecule has 0 saturated heterocycles. The fourth-order valence-electron chi connectivity index (χ4n) is 1.50. The SMILES string of the molecule is CC1=C(C(C)C)C(C)N=N1. The Morgan fingerprint density at radius 1 is 1.40 bits per heavy atom. The van der Waals surface area contributed by atoms with Gasteiger partial charge in [0.2, 0.25) is 0 Å². The first-order chi connectivity index (χ1) is 4.63. The van der Waals surface area contributed by atoms with Crippen LogP contribution >= 0.6 is 0 Å². The molecule has 0 aliphatic carbocycles. The van der Waals surface area contributed by atoms with Crippen molar-refractivity contribution in [2.24, 2.45) is 16.1 Å². The second-order valence-corrected chi connectivity index (χ2v) is 3.09. The van der Waals surface area contributed by atoms with Gasteiger partial charge in [0.15, 0.2) is 0 Å². The molecule has 0 fully saturated rings. The van der Waals surface area contributed by atoms with Gasteiger partial charge < -0.3 is 0 Å². The zero-order chi connectivity index (χ0) is 7.72. The Morgan fingerprint density at radius 3 is 2.20 bits per heavy atom. The molecule has 1 unspecified atom stereocenters. The molecule has 2 heteroatoms. The Bertz CT molecular complexity index is 189. The summed E-state index contributed by atoms with van der Waals surface area (Å²) < 4.78 is 0. The number of hydrogen-bond donors (Lipinski definition) is 0. The van der Waals surface area contributed by atoms with Gasteiger partial charge in [0.1, 0.15) is 0 Å². The van der Waals surface area contributed by atoms with Crippen molar-refractivity contribution < 1.29 is 0 Å². The van der Waals surface area contributed by atoms with Crippen molar-refractivity contribution >= 4 is 0 Å². The highest BCUT2D eigenvalue weighted by Gasteiger charge is 2.19. The molecule has 0 amide bonds. The summed E-state index contributed by atoms with van der Waals surface area (Å²) in [6.07, 6.45) is 0. The van der Waals surface area contributed by atoms with E-state index in [2.05, 4.69) is 31.0 Å². The first-order valence-corrected chi connectivity index (χ1v) is 3.74. The maximum Gasteiger partial charge on any atom is 0.0917 e. The van der Waals surface area contributed by atoms with Gasteiger partial charge in [0.25, 0.3) is 0 Å². The lowest BCUT2D eigenvalue weighted by Crippen LogP contribution is -2.06. The van der Waals surface area contributed by atoms with Crippen molar-refractivity contribution in [3.05, 3.63) is 11.3 Å². The monoisotopic (exact) mass is 138 g/mol. The molecule has 0 bridgehead atoms. The Hall–Kier alpha value is -0.660. The molecular weight excluding hydrogens is 124 g/mol. The summed E-state index contributed by atoms with van der Waals surface area (Å²) in [4.78, 5) is 0. The van der Waals surface area contributed by atoms with Crippen LogP contribution in [0.25, 0.3) is 0 Å². The molecule has 0 radical (unpaired) electrons. The van der Waals surface area contributed by atoms with E-state index in [4.69, 9.17) is 0 Å². The van der Waals surface area contributed by atoms with Crippen molar-refractivity contribution in [3.8, 4) is 0 Å². The van der Waals surface area contributed by atoms with Crippen molar-refractivity contribution in [2.45, 2.75) is 33.7 Å². The van der Waals surface area contributed by atoms with Gasteiger partial charge in [-0.15, -0.1) is 0 Å². The fraction of sp³-hybridized carbons (Fsp3) is 0.750. The van der Waals surface area contributed by atoms with Gasteiger partial charge in [0, 0.05) is 0 Å². The van der Waals surface area contributed by atoms with E-state index in [1.807, 2.05) is 6.92 Å². The number of azo groups is 1. The van der Waals surface area contributed by atoms with Crippen LogP contribution in [-0.2, 0) is 0 Å². The minimum absolute atomic E-state index is 0.319. The molecule has 0 spiro atoms. The molecule has 1 heterocycles. The Morgan fingerprint density at radius 2 is 2.00 bits per heavy atom. The smallest absolute Gasteiger partial charge is 0.0917 e. The molecule has 0 aromatic rings. The third-order valence-electron chi connectivity index (χ3n) is 1.87. The maximum atomic E-state index is 4.07. The molecule has 2 nitrogen and oxygen atoms in total. The molecular formula is C8H14N2. The third-order valence-corrected chi connectivity index (χ3v) is 1.87. The van der Waals surface area contributed by atoms with E-state index in [1.54, 1.807) is 0 Å². The van der Waals surface area contributed by atoms with Crippen molar-refractivity contribution in [2.75, 3.05) is 0 Å². The second kappa shape index (κ2) is 2.52. The minimum atomic E-state index is 0.319. The molecule has 10 heavy (non-hydrogen) atoms. The molecule has 1 atom stereocenters. The predicted octanol–water partition coefficient (Wildman–Crippen LogP) is 2.77. The van der Waals surface area contributed by atoms with Crippen LogP contribution in [0, 0.1) is 5.92 Å². The second-order valence-electron chi connectivity index (χ2n) is 3.09. The molecule has 56 valence electrons. The lowest BCUT2D eigenvalue weighted by atomic mass is 9.96. The third kappa shape index (κ3) is 1.11. The van der Waals surface area contributed by atoms with Gasteiger partial charge in [-0.05, 0) is 25.3 Å². The van der Waals surface area contributed by atoms with E-state index in [0.717, 1.165) is 5.70 Å². The minimum Gasteiger partial charge on any atom is -0.181 e. The van der Waals surface area contributed by atoms with Crippen LogP contribution < -0.4 is 0 Å². The van der Waals surface area contributed by atoms with E-state index < -0.39 is 0 Å². The highest BCUT2D eigenvalue weighted by molar-refractivity contribution is 5.21. The van der Waals surface area contributed by atoms with Gasteiger partial charge in [-0.1, -0.05) is 13.8 Å². The van der Waals surface area contributed by atoms with Gasteiger partial charge in [-0.2, -0.15) is 10.2 Å². The van der Waals surface area contributed by atoms with Crippen LogP contribution in [-0.4, -0.2) is 6.04 Å². The predicted molar refractivity (Wildman–Crippen MR) is 41.9 cm³/mol. The largest absolute Gasteiger partial charge is 0.181 e. The van der Waals surface area contributed by atoms with Crippen molar-refractivity contribution in [3.63, 3.8) is 0 Å². The van der Waals surface area contributed by atoms with Gasteiger partial charge in [-0.25, -0.2) is 0 Å². The zero-order valence-electron chi connectivity index (χ0n) is 7.05. The summed E-state index contributed by atoms with van der Waals surface area (Å²) >= 11 is 0. The summed E-state index contributed by atoms with van der Waals surface area (Å²) in [6, 6.07) is 0.319. The van der Waals surface area contributed by atoms with Crippen LogP contribution in [0.3, 0.4) is 0 Å². The maximum absolute atomic E-state index is 4.07. The molecule has 1 rings (SSSR count). The molecule has 0 aromatic heterocycles. The van der Waals surface area contributed by atoms with Crippen LogP contribution in [0.4, 0.5) is 0 Å². The topological polar surface area (TPSA) is 24.7 Å². The summed E-state index contributed by atoms with van der Waals surface area (Å²) in [7, 11) is 0. The average Bonchev–Trinajstić information content (AvgIpc) is 2.11. The van der Waals surface area contributed by atoms with E-state index in [9.17, 15) is 0 Å². The number of allylic oxidation sites excluding steroid dienone is 1. The van der Waals surface area contributed by atoms with Crippen LogP contribution in [0.15, 0.2) is 21.5 Å². The van der Waals surface area contributed by atoms with Crippen molar-refractivity contribution in [1.29, 1.82) is 0 Å². The molecule has 0 N–H and O–H groups in total. The van der Waals surface area contributed by atoms with E-state index in [-0.39, 0.29) is 0 Å². The number of nitrogens with zero attached hydrogens (tertiary/aromatic N) is 2. The normalized spacial score (nSPS) is 25.1. The lowest BCUT2D eigenvalue weighted by molar-refractivity contribution is 0.681. The first kappa shape index (κ1) is 7.45. The van der Waals surface area contributed by atoms with E-state index >= 15 is 0 Å². The average molecular weight is 138 g/mol. The van der Waals surface area contributed by atoms with Gasteiger partial charge >= 0.3 is 0 Å². The summed E-state index contributed by atoms with van der Waals surface area (Å²) in [5, 5.41) is 8.10. The Balaban J connectivity index is 2.85.